The van der Waals surface area contributed by atoms with Crippen molar-refractivity contribution >= 4 is 28.3 Å². The van der Waals surface area contributed by atoms with Crippen LogP contribution in [-0.4, -0.2) is 70.9 Å². The topological polar surface area (TPSA) is 87.7 Å². The summed E-state index contributed by atoms with van der Waals surface area (Å²) in [7, 11) is -1.75. The number of halogens is 1. The molecular weight excluding hydrogens is 366 g/mol. The van der Waals surface area contributed by atoms with Gasteiger partial charge in [0.2, 0.25) is 15.9 Å². The molecule has 7 nitrogen and oxygen atoms in total. The second-order valence-electron chi connectivity index (χ2n) is 6.71. The fourth-order valence-electron chi connectivity index (χ4n) is 3.52. The van der Waals surface area contributed by atoms with Crippen LogP contribution in [0, 0.1) is 5.92 Å². The number of hydrogen-bond acceptors (Lipinski definition) is 5. The Morgan fingerprint density at radius 1 is 1.12 bits per heavy atom. The van der Waals surface area contributed by atoms with E-state index in [0.29, 0.717) is 45.8 Å². The highest BCUT2D eigenvalue weighted by atomic mass is 35.5. The second kappa shape index (κ2) is 11.3. The minimum Gasteiger partial charge on any atom is -0.383 e. The second-order valence-corrected chi connectivity index (χ2v) is 8.76. The first kappa shape index (κ1) is 22.6. The van der Waals surface area contributed by atoms with Gasteiger partial charge in [-0.2, -0.15) is 0 Å². The van der Waals surface area contributed by atoms with E-state index in [2.05, 4.69) is 10.0 Å². The van der Waals surface area contributed by atoms with E-state index >= 15 is 0 Å². The molecule has 1 aliphatic carbocycles. The van der Waals surface area contributed by atoms with Gasteiger partial charge in [-0.15, -0.1) is 12.4 Å². The van der Waals surface area contributed by atoms with Crippen LogP contribution in [0.2, 0.25) is 0 Å². The molecule has 2 fully saturated rings. The number of piperidine rings is 1. The lowest BCUT2D eigenvalue weighted by Crippen LogP contribution is -2.50. The highest BCUT2D eigenvalue weighted by Crippen LogP contribution is 2.28. The van der Waals surface area contributed by atoms with E-state index in [4.69, 9.17) is 4.74 Å². The third-order valence-corrected chi connectivity index (χ3v) is 6.79. The maximum absolute atomic E-state index is 12.5. The van der Waals surface area contributed by atoms with Crippen LogP contribution in [0.25, 0.3) is 0 Å². The summed E-state index contributed by atoms with van der Waals surface area (Å²) in [5, 5.41) is 2.62. The molecule has 148 valence electrons. The first-order valence-corrected chi connectivity index (χ1v) is 10.6. The monoisotopic (exact) mass is 397 g/mol. The van der Waals surface area contributed by atoms with E-state index in [1.807, 2.05) is 0 Å². The molecule has 25 heavy (non-hydrogen) atoms. The Kier molecular flexibility index (Phi) is 10.3. The van der Waals surface area contributed by atoms with Gasteiger partial charge in [0, 0.05) is 45.8 Å². The first-order chi connectivity index (χ1) is 11.5. The fraction of sp³-hybridized carbons (Fsp3) is 0.938. The predicted molar refractivity (Wildman–Crippen MR) is 100 cm³/mol. The average Bonchev–Trinajstić information content (AvgIpc) is 3.12. The number of sulfonamides is 1. The number of carbonyl (C=O) groups is 1. The van der Waals surface area contributed by atoms with Crippen molar-refractivity contribution in [3.05, 3.63) is 0 Å². The van der Waals surface area contributed by atoms with E-state index in [9.17, 15) is 13.2 Å². The molecule has 2 aliphatic rings. The number of nitrogens with one attached hydrogen (secondary N) is 2. The average molecular weight is 398 g/mol. The van der Waals surface area contributed by atoms with Crippen molar-refractivity contribution in [1.29, 1.82) is 0 Å². The van der Waals surface area contributed by atoms with Crippen LogP contribution >= 0.6 is 12.4 Å². The van der Waals surface area contributed by atoms with Gasteiger partial charge in [0.05, 0.1) is 11.9 Å². The summed E-state index contributed by atoms with van der Waals surface area (Å²) in [5.41, 5.74) is 0. The zero-order valence-electron chi connectivity index (χ0n) is 15.0. The van der Waals surface area contributed by atoms with Crippen molar-refractivity contribution in [2.75, 3.05) is 46.4 Å². The summed E-state index contributed by atoms with van der Waals surface area (Å²) < 4.78 is 32.5. The zero-order chi connectivity index (χ0) is 17.4. The van der Waals surface area contributed by atoms with Crippen LogP contribution in [0.15, 0.2) is 0 Å². The normalized spacial score (nSPS) is 22.0. The number of hydrogen-bond donors (Lipinski definition) is 2. The Morgan fingerprint density at radius 3 is 2.52 bits per heavy atom. The van der Waals surface area contributed by atoms with Crippen LogP contribution in [-0.2, 0) is 19.6 Å². The number of amides is 1. The highest BCUT2D eigenvalue weighted by molar-refractivity contribution is 7.90. The standard InChI is InChI=1S/C16H31N3O4S.ClH/c1-23-12-10-17-8-9-18-24(21,22)15-7-4-11-19(13-15)16(20)14-5-2-3-6-14;/h14-15,17-18H,2-13H2,1H3;1H. The molecule has 1 unspecified atom stereocenters. The van der Waals surface area contributed by atoms with Gasteiger partial charge in [0.15, 0.2) is 0 Å². The quantitative estimate of drug-likeness (QED) is 0.560. The van der Waals surface area contributed by atoms with Crippen molar-refractivity contribution in [2.24, 2.45) is 5.92 Å². The molecule has 0 aromatic heterocycles. The van der Waals surface area contributed by atoms with Crippen LogP contribution in [0.1, 0.15) is 38.5 Å². The molecule has 1 amide bonds. The summed E-state index contributed by atoms with van der Waals surface area (Å²) in [4.78, 5) is 14.3. The Bertz CT molecular complexity index is 498. The highest BCUT2D eigenvalue weighted by Gasteiger charge is 2.35. The molecular formula is C16H32ClN3O4S. The molecule has 1 aliphatic heterocycles. The molecule has 0 bridgehead atoms. The smallest absolute Gasteiger partial charge is 0.225 e. The molecule has 2 N–H and O–H groups in total. The minimum absolute atomic E-state index is 0. The van der Waals surface area contributed by atoms with E-state index < -0.39 is 15.3 Å². The van der Waals surface area contributed by atoms with Crippen molar-refractivity contribution in [1.82, 2.24) is 14.9 Å². The van der Waals surface area contributed by atoms with Crippen molar-refractivity contribution < 1.29 is 17.9 Å². The largest absolute Gasteiger partial charge is 0.383 e. The van der Waals surface area contributed by atoms with Crippen LogP contribution in [0.5, 0.6) is 0 Å². The van der Waals surface area contributed by atoms with Gasteiger partial charge >= 0.3 is 0 Å². The molecule has 2 rings (SSSR count). The third-order valence-electron chi connectivity index (χ3n) is 4.92. The summed E-state index contributed by atoms with van der Waals surface area (Å²) in [6.45, 7) is 3.26. The van der Waals surface area contributed by atoms with Gasteiger partial charge in [-0.3, -0.25) is 4.79 Å². The molecule has 1 saturated heterocycles. The molecule has 0 radical (unpaired) electrons. The number of likely N-dealkylation sites (tertiary alicyclic amines) is 1. The van der Waals surface area contributed by atoms with E-state index in [1.54, 1.807) is 12.0 Å². The first-order valence-electron chi connectivity index (χ1n) is 9.01. The van der Waals surface area contributed by atoms with Gasteiger partial charge in [-0.05, 0) is 25.7 Å². The Balaban J connectivity index is 0.00000312. The lowest BCUT2D eigenvalue weighted by Gasteiger charge is -2.34. The van der Waals surface area contributed by atoms with Gasteiger partial charge in [0.25, 0.3) is 0 Å². The summed E-state index contributed by atoms with van der Waals surface area (Å²) in [5.74, 6) is 0.276. The Morgan fingerprint density at radius 2 is 1.84 bits per heavy atom. The van der Waals surface area contributed by atoms with Crippen LogP contribution in [0.3, 0.4) is 0 Å². The molecule has 1 atom stereocenters. The summed E-state index contributed by atoms with van der Waals surface area (Å²) in [6, 6.07) is 0. The van der Waals surface area contributed by atoms with Gasteiger partial charge in [-0.1, -0.05) is 12.8 Å². The maximum atomic E-state index is 12.5. The van der Waals surface area contributed by atoms with Gasteiger partial charge in [-0.25, -0.2) is 13.1 Å². The maximum Gasteiger partial charge on any atom is 0.225 e. The third kappa shape index (κ3) is 7.02. The van der Waals surface area contributed by atoms with Crippen LogP contribution in [0.4, 0.5) is 0 Å². The molecule has 0 aromatic rings. The molecule has 9 heteroatoms. The number of carbonyl (C=O) groups excluding carboxylic acids is 1. The number of ether oxygens (including phenoxy) is 1. The van der Waals surface area contributed by atoms with E-state index in [0.717, 1.165) is 32.1 Å². The molecule has 0 aromatic carbocycles. The Hall–Kier alpha value is -0.410. The van der Waals surface area contributed by atoms with E-state index in [-0.39, 0.29) is 24.2 Å². The molecule has 1 heterocycles. The SMILES string of the molecule is COCCNCCNS(=O)(=O)C1CCCN(C(=O)C2CCCC2)C1.Cl. The van der Waals surface area contributed by atoms with Gasteiger partial charge < -0.3 is 15.0 Å². The summed E-state index contributed by atoms with van der Waals surface area (Å²) >= 11 is 0. The minimum atomic E-state index is -3.38. The Labute approximate surface area is 157 Å². The van der Waals surface area contributed by atoms with E-state index in [1.165, 1.54) is 0 Å². The predicted octanol–water partition coefficient (Wildman–Crippen LogP) is 0.745. The fourth-order valence-corrected chi connectivity index (χ4v) is 5.00. The molecule has 0 spiro atoms. The summed E-state index contributed by atoms with van der Waals surface area (Å²) in [6.07, 6.45) is 5.53. The number of nitrogens with zero attached hydrogens (tertiary/aromatic N) is 1. The van der Waals surface area contributed by atoms with Crippen molar-refractivity contribution in [2.45, 2.75) is 43.8 Å². The van der Waals surface area contributed by atoms with Crippen molar-refractivity contribution in [3.63, 3.8) is 0 Å². The number of methoxy groups -OCH3 is 1. The van der Waals surface area contributed by atoms with Crippen molar-refractivity contribution in [3.8, 4) is 0 Å². The van der Waals surface area contributed by atoms with Gasteiger partial charge in [0.1, 0.15) is 0 Å². The zero-order valence-corrected chi connectivity index (χ0v) is 16.7. The lowest BCUT2D eigenvalue weighted by molar-refractivity contribution is -0.136. The lowest BCUT2D eigenvalue weighted by atomic mass is 10.0. The molecule has 1 saturated carbocycles. The van der Waals surface area contributed by atoms with Crippen LogP contribution < -0.4 is 10.0 Å². The number of rotatable bonds is 9.